The van der Waals surface area contributed by atoms with Crippen LogP contribution in [0, 0.1) is 0 Å². The first-order chi connectivity index (χ1) is 10.0. The van der Waals surface area contributed by atoms with E-state index in [4.69, 9.17) is 29.0 Å². The third-order valence-corrected chi connectivity index (χ3v) is 4.17. The van der Waals surface area contributed by atoms with Crippen LogP contribution >= 0.6 is 23.2 Å². The molecule has 4 nitrogen and oxygen atoms in total. The summed E-state index contributed by atoms with van der Waals surface area (Å²) in [5.41, 5.74) is 4.38. The minimum Gasteiger partial charge on any atom is -0.308 e. The minimum atomic E-state index is 0.144. The molecule has 1 aromatic carbocycles. The average molecular weight is 325 g/mol. The third-order valence-electron chi connectivity index (χ3n) is 3.48. The summed E-state index contributed by atoms with van der Waals surface area (Å²) < 4.78 is 0. The number of halogens is 2. The summed E-state index contributed by atoms with van der Waals surface area (Å²) in [5, 5.41) is 1.38. The topological polar surface area (TPSA) is 54.2 Å². The number of aromatic nitrogens is 1. The zero-order valence-electron chi connectivity index (χ0n) is 12.0. The number of benzene rings is 1. The SMILES string of the molecule is CC(c1ccccc1Cl)N(C)Cc1nc(NN)ccc1Cl. The van der Waals surface area contributed by atoms with Gasteiger partial charge in [0.15, 0.2) is 0 Å². The van der Waals surface area contributed by atoms with Gasteiger partial charge < -0.3 is 5.43 Å². The molecule has 0 aliphatic heterocycles. The normalized spacial score (nSPS) is 12.5. The van der Waals surface area contributed by atoms with Crippen LogP contribution in [-0.2, 0) is 6.54 Å². The lowest BCUT2D eigenvalue weighted by atomic mass is 10.1. The van der Waals surface area contributed by atoms with Gasteiger partial charge in [-0.1, -0.05) is 41.4 Å². The molecular weight excluding hydrogens is 307 g/mol. The Labute approximate surface area is 134 Å². The van der Waals surface area contributed by atoms with Gasteiger partial charge in [-0.15, -0.1) is 0 Å². The number of hydrogen-bond acceptors (Lipinski definition) is 4. The summed E-state index contributed by atoms with van der Waals surface area (Å²) >= 11 is 12.4. The van der Waals surface area contributed by atoms with Crippen LogP contribution in [0.25, 0.3) is 0 Å². The van der Waals surface area contributed by atoms with E-state index in [0.29, 0.717) is 17.4 Å². The predicted octanol–water partition coefficient (Wildman–Crippen LogP) is 3.87. The van der Waals surface area contributed by atoms with Crippen LogP contribution in [0.1, 0.15) is 24.2 Å². The van der Waals surface area contributed by atoms with Crippen LogP contribution in [0.5, 0.6) is 0 Å². The highest BCUT2D eigenvalue weighted by molar-refractivity contribution is 6.31. The lowest BCUT2D eigenvalue weighted by Crippen LogP contribution is -2.23. The maximum atomic E-state index is 6.25. The van der Waals surface area contributed by atoms with Crippen molar-refractivity contribution in [1.29, 1.82) is 0 Å². The summed E-state index contributed by atoms with van der Waals surface area (Å²) in [5.74, 6) is 5.97. The van der Waals surface area contributed by atoms with Gasteiger partial charge in [-0.3, -0.25) is 4.90 Å². The Balaban J connectivity index is 2.18. The summed E-state index contributed by atoms with van der Waals surface area (Å²) in [6, 6.07) is 11.5. The summed E-state index contributed by atoms with van der Waals surface area (Å²) in [6.45, 7) is 2.70. The average Bonchev–Trinajstić information content (AvgIpc) is 2.49. The molecule has 0 amide bonds. The van der Waals surface area contributed by atoms with Crippen LogP contribution in [0.3, 0.4) is 0 Å². The lowest BCUT2D eigenvalue weighted by molar-refractivity contribution is 0.250. The minimum absolute atomic E-state index is 0.144. The summed E-state index contributed by atoms with van der Waals surface area (Å²) in [4.78, 5) is 6.52. The summed E-state index contributed by atoms with van der Waals surface area (Å²) in [7, 11) is 2.01. The molecule has 0 bridgehead atoms. The van der Waals surface area contributed by atoms with E-state index in [0.717, 1.165) is 16.3 Å². The van der Waals surface area contributed by atoms with E-state index in [1.54, 1.807) is 12.1 Å². The van der Waals surface area contributed by atoms with Crippen LogP contribution < -0.4 is 11.3 Å². The van der Waals surface area contributed by atoms with Crippen LogP contribution in [0.2, 0.25) is 10.0 Å². The van der Waals surface area contributed by atoms with E-state index < -0.39 is 0 Å². The van der Waals surface area contributed by atoms with E-state index in [2.05, 4.69) is 22.2 Å². The maximum absolute atomic E-state index is 6.25. The van der Waals surface area contributed by atoms with Gasteiger partial charge >= 0.3 is 0 Å². The Hall–Kier alpha value is -1.33. The van der Waals surface area contributed by atoms with Gasteiger partial charge in [-0.2, -0.15) is 0 Å². The van der Waals surface area contributed by atoms with E-state index in [1.165, 1.54) is 0 Å². The molecule has 1 atom stereocenters. The number of pyridine rings is 1. The predicted molar refractivity (Wildman–Crippen MR) is 88.4 cm³/mol. The third kappa shape index (κ3) is 3.86. The van der Waals surface area contributed by atoms with Gasteiger partial charge in [0.05, 0.1) is 10.7 Å². The molecule has 21 heavy (non-hydrogen) atoms. The molecule has 0 saturated carbocycles. The Morgan fingerprint density at radius 2 is 1.90 bits per heavy atom. The van der Waals surface area contributed by atoms with Crippen molar-refractivity contribution >= 4 is 29.0 Å². The fourth-order valence-corrected chi connectivity index (χ4v) is 2.56. The molecule has 112 valence electrons. The highest BCUT2D eigenvalue weighted by Gasteiger charge is 2.16. The molecule has 1 heterocycles. The van der Waals surface area contributed by atoms with Crippen LogP contribution in [-0.4, -0.2) is 16.9 Å². The van der Waals surface area contributed by atoms with Crippen molar-refractivity contribution in [3.05, 3.63) is 57.7 Å². The highest BCUT2D eigenvalue weighted by Crippen LogP contribution is 2.28. The van der Waals surface area contributed by atoms with Crippen molar-refractivity contribution in [3.63, 3.8) is 0 Å². The largest absolute Gasteiger partial charge is 0.308 e. The highest BCUT2D eigenvalue weighted by atomic mass is 35.5. The Morgan fingerprint density at radius 3 is 2.57 bits per heavy atom. The molecule has 0 radical (unpaired) electrons. The second-order valence-corrected chi connectivity index (χ2v) is 5.70. The molecular formula is C15H18Cl2N4. The van der Waals surface area contributed by atoms with Gasteiger partial charge in [0.2, 0.25) is 0 Å². The number of anilines is 1. The Morgan fingerprint density at radius 1 is 1.19 bits per heavy atom. The molecule has 0 aliphatic rings. The second kappa shape index (κ2) is 7.09. The standard InChI is InChI=1S/C15H18Cl2N4/c1-10(11-5-3-4-6-12(11)16)21(2)9-14-13(17)7-8-15(19-14)20-18/h3-8,10H,9,18H2,1-2H3,(H,19,20). The molecule has 0 saturated heterocycles. The second-order valence-electron chi connectivity index (χ2n) is 4.88. The Bertz CT molecular complexity index is 618. The lowest BCUT2D eigenvalue weighted by Gasteiger charge is -2.26. The summed E-state index contributed by atoms with van der Waals surface area (Å²) in [6.07, 6.45) is 0. The van der Waals surface area contributed by atoms with Gasteiger partial charge in [-0.25, -0.2) is 10.8 Å². The van der Waals surface area contributed by atoms with Gasteiger partial charge in [-0.05, 0) is 37.7 Å². The molecule has 0 fully saturated rings. The molecule has 0 aliphatic carbocycles. The van der Waals surface area contributed by atoms with E-state index in [-0.39, 0.29) is 6.04 Å². The van der Waals surface area contributed by atoms with Crippen molar-refractivity contribution in [2.75, 3.05) is 12.5 Å². The van der Waals surface area contributed by atoms with E-state index in [1.807, 2.05) is 31.3 Å². The fraction of sp³-hybridized carbons (Fsp3) is 0.267. The fourth-order valence-electron chi connectivity index (χ4n) is 2.10. The molecule has 1 aromatic heterocycles. The molecule has 6 heteroatoms. The quantitative estimate of drug-likeness (QED) is 0.647. The monoisotopic (exact) mass is 324 g/mol. The number of hydrogen-bond donors (Lipinski definition) is 2. The molecule has 1 unspecified atom stereocenters. The van der Waals surface area contributed by atoms with Crippen molar-refractivity contribution in [2.45, 2.75) is 19.5 Å². The molecule has 3 N–H and O–H groups in total. The number of nitrogens with two attached hydrogens (primary N) is 1. The number of nitrogen functional groups attached to an aromatic ring is 1. The zero-order valence-corrected chi connectivity index (χ0v) is 13.5. The van der Waals surface area contributed by atoms with E-state index in [9.17, 15) is 0 Å². The first-order valence-electron chi connectivity index (χ1n) is 6.59. The number of rotatable bonds is 5. The zero-order chi connectivity index (χ0) is 15.4. The number of nitrogens with zero attached hydrogens (tertiary/aromatic N) is 2. The van der Waals surface area contributed by atoms with Gasteiger partial charge in [0.1, 0.15) is 5.82 Å². The number of nitrogens with one attached hydrogen (secondary N) is 1. The smallest absolute Gasteiger partial charge is 0.140 e. The van der Waals surface area contributed by atoms with Gasteiger partial charge in [0, 0.05) is 17.6 Å². The number of hydrazine groups is 1. The first-order valence-corrected chi connectivity index (χ1v) is 7.35. The van der Waals surface area contributed by atoms with Crippen molar-refractivity contribution < 1.29 is 0 Å². The van der Waals surface area contributed by atoms with Crippen LogP contribution in [0.4, 0.5) is 5.82 Å². The molecule has 2 aromatic rings. The van der Waals surface area contributed by atoms with Gasteiger partial charge in [0.25, 0.3) is 0 Å². The maximum Gasteiger partial charge on any atom is 0.140 e. The first kappa shape index (κ1) is 16.0. The van der Waals surface area contributed by atoms with Crippen molar-refractivity contribution in [2.24, 2.45) is 5.84 Å². The Kier molecular flexibility index (Phi) is 5.42. The molecule has 0 spiro atoms. The van der Waals surface area contributed by atoms with Crippen molar-refractivity contribution in [1.82, 2.24) is 9.88 Å². The molecule has 2 rings (SSSR count). The van der Waals surface area contributed by atoms with E-state index >= 15 is 0 Å². The van der Waals surface area contributed by atoms with Crippen LogP contribution in [0.15, 0.2) is 36.4 Å². The van der Waals surface area contributed by atoms with Crippen molar-refractivity contribution in [3.8, 4) is 0 Å².